The van der Waals surface area contributed by atoms with Crippen molar-refractivity contribution in [1.29, 1.82) is 0 Å². The van der Waals surface area contributed by atoms with Crippen molar-refractivity contribution in [2.24, 2.45) is 0 Å². The van der Waals surface area contributed by atoms with Gasteiger partial charge in [-0.3, -0.25) is 9.59 Å². The Bertz CT molecular complexity index is 488. The second-order valence-electron chi connectivity index (χ2n) is 5.04. The van der Waals surface area contributed by atoms with E-state index in [0.29, 0.717) is 12.2 Å². The highest BCUT2D eigenvalue weighted by Crippen LogP contribution is 2.23. The molecule has 0 atom stereocenters. The molecule has 0 saturated carbocycles. The molecule has 6 heteroatoms. The number of hydrogen-bond donors (Lipinski definition) is 2. The average Bonchev–Trinajstić information content (AvgIpc) is 2.35. The fraction of sp³-hybridized carbons (Fsp3) is 0.429. The lowest BCUT2D eigenvalue weighted by Gasteiger charge is -2.25. The summed E-state index contributed by atoms with van der Waals surface area (Å²) in [6.45, 7) is 3.46. The first kappa shape index (κ1) is 16.5. The smallest absolute Gasteiger partial charge is 0.303 e. The lowest BCUT2D eigenvalue weighted by molar-refractivity contribution is -0.138. The zero-order chi connectivity index (χ0) is 15.2. The Morgan fingerprint density at radius 2 is 2.00 bits per heavy atom. The molecule has 0 spiro atoms. The van der Waals surface area contributed by atoms with E-state index in [1.807, 2.05) is 18.2 Å². The van der Waals surface area contributed by atoms with E-state index in [4.69, 9.17) is 9.84 Å². The van der Waals surface area contributed by atoms with E-state index in [9.17, 15) is 9.59 Å². The Morgan fingerprint density at radius 1 is 1.35 bits per heavy atom. The number of benzene rings is 1. The highest BCUT2D eigenvalue weighted by Gasteiger charge is 2.21. The maximum absolute atomic E-state index is 11.8. The number of nitrogens with one attached hydrogen (secondary N) is 1. The van der Waals surface area contributed by atoms with Crippen LogP contribution in [0.25, 0.3) is 0 Å². The summed E-state index contributed by atoms with van der Waals surface area (Å²) in [5.74, 6) is -0.570. The van der Waals surface area contributed by atoms with E-state index in [1.165, 1.54) is 0 Å². The maximum atomic E-state index is 11.8. The van der Waals surface area contributed by atoms with Crippen LogP contribution in [0, 0.1) is 0 Å². The molecule has 0 unspecified atom stereocenters. The number of aliphatic carboxylic acids is 1. The van der Waals surface area contributed by atoms with Crippen LogP contribution in [0.3, 0.4) is 0 Å². The minimum absolute atomic E-state index is 0.0123. The van der Waals surface area contributed by atoms with Crippen molar-refractivity contribution in [1.82, 2.24) is 5.32 Å². The highest BCUT2D eigenvalue weighted by molar-refractivity contribution is 9.10. The molecule has 0 aliphatic rings. The molecular formula is C14H18BrNO4. The third kappa shape index (κ3) is 6.06. The quantitative estimate of drug-likeness (QED) is 0.797. The van der Waals surface area contributed by atoms with Crippen LogP contribution in [-0.2, 0) is 9.59 Å². The van der Waals surface area contributed by atoms with Crippen LogP contribution in [0.5, 0.6) is 5.75 Å². The van der Waals surface area contributed by atoms with Gasteiger partial charge in [0.2, 0.25) is 0 Å². The molecule has 2 N–H and O–H groups in total. The zero-order valence-electron chi connectivity index (χ0n) is 11.5. The van der Waals surface area contributed by atoms with Crippen molar-refractivity contribution in [3.8, 4) is 5.75 Å². The van der Waals surface area contributed by atoms with Crippen molar-refractivity contribution in [3.05, 3.63) is 28.7 Å². The lowest BCUT2D eigenvalue weighted by atomic mass is 9.98. The second kappa shape index (κ2) is 7.28. The summed E-state index contributed by atoms with van der Waals surface area (Å²) in [7, 11) is 0. The van der Waals surface area contributed by atoms with Crippen LogP contribution in [0.2, 0.25) is 0 Å². The summed E-state index contributed by atoms with van der Waals surface area (Å²) >= 11 is 3.33. The van der Waals surface area contributed by atoms with E-state index in [-0.39, 0.29) is 18.9 Å². The standard InChI is InChI=1S/C14H18BrNO4/c1-14(2,8-7-13(18)19)16-12(17)9-20-11-6-4-3-5-10(11)15/h3-6H,7-9H2,1-2H3,(H,16,17)(H,18,19). The molecule has 5 nitrogen and oxygen atoms in total. The Morgan fingerprint density at radius 3 is 2.60 bits per heavy atom. The van der Waals surface area contributed by atoms with Crippen molar-refractivity contribution in [2.45, 2.75) is 32.2 Å². The van der Waals surface area contributed by atoms with Gasteiger partial charge >= 0.3 is 5.97 Å². The minimum atomic E-state index is -0.878. The summed E-state index contributed by atoms with van der Waals surface area (Å²) in [6.07, 6.45) is 0.376. The van der Waals surface area contributed by atoms with Gasteiger partial charge in [0.1, 0.15) is 5.75 Å². The minimum Gasteiger partial charge on any atom is -0.483 e. The number of para-hydroxylation sites is 1. The summed E-state index contributed by atoms with van der Waals surface area (Å²) in [5, 5.41) is 11.4. The number of ether oxygens (including phenoxy) is 1. The van der Waals surface area contributed by atoms with Crippen molar-refractivity contribution in [3.63, 3.8) is 0 Å². The number of carbonyl (C=O) groups is 2. The molecule has 0 bridgehead atoms. The van der Waals surface area contributed by atoms with Crippen LogP contribution in [0.1, 0.15) is 26.7 Å². The normalized spacial score (nSPS) is 10.9. The largest absolute Gasteiger partial charge is 0.483 e. The second-order valence-corrected chi connectivity index (χ2v) is 5.90. The molecule has 0 aliphatic carbocycles. The molecule has 1 amide bonds. The van der Waals surface area contributed by atoms with Gasteiger partial charge in [-0.2, -0.15) is 0 Å². The molecule has 110 valence electrons. The molecule has 20 heavy (non-hydrogen) atoms. The topological polar surface area (TPSA) is 75.6 Å². The van der Waals surface area contributed by atoms with E-state index in [0.717, 1.165) is 4.47 Å². The van der Waals surface area contributed by atoms with Gasteiger partial charge in [0.15, 0.2) is 6.61 Å². The molecule has 0 aromatic heterocycles. The maximum Gasteiger partial charge on any atom is 0.303 e. The number of rotatable bonds is 7. The summed E-state index contributed by atoms with van der Waals surface area (Å²) in [5.41, 5.74) is -0.577. The molecule has 0 fully saturated rings. The SMILES string of the molecule is CC(C)(CCC(=O)O)NC(=O)COc1ccccc1Br. The number of hydrogen-bond acceptors (Lipinski definition) is 3. The van der Waals surface area contributed by atoms with Gasteiger partial charge in [-0.1, -0.05) is 12.1 Å². The number of amides is 1. The van der Waals surface area contributed by atoms with Gasteiger partial charge in [0.25, 0.3) is 5.91 Å². The Labute approximate surface area is 126 Å². The number of carbonyl (C=O) groups excluding carboxylic acids is 1. The number of halogens is 1. The van der Waals surface area contributed by atoms with E-state index >= 15 is 0 Å². The van der Waals surface area contributed by atoms with Gasteiger partial charge in [-0.05, 0) is 48.3 Å². The molecule has 1 aromatic carbocycles. The van der Waals surface area contributed by atoms with Gasteiger partial charge in [-0.25, -0.2) is 0 Å². The van der Waals surface area contributed by atoms with Crippen molar-refractivity contribution < 1.29 is 19.4 Å². The summed E-state index contributed by atoms with van der Waals surface area (Å²) in [4.78, 5) is 22.3. The Hall–Kier alpha value is -1.56. The fourth-order valence-electron chi connectivity index (χ4n) is 1.60. The predicted molar refractivity (Wildman–Crippen MR) is 78.7 cm³/mol. The van der Waals surface area contributed by atoms with Crippen molar-refractivity contribution in [2.75, 3.05) is 6.61 Å². The highest BCUT2D eigenvalue weighted by atomic mass is 79.9. The third-order valence-corrected chi connectivity index (χ3v) is 3.29. The molecule has 0 heterocycles. The molecule has 0 saturated heterocycles. The Kier molecular flexibility index (Phi) is 6.01. The molecule has 0 radical (unpaired) electrons. The van der Waals surface area contributed by atoms with Gasteiger partial charge in [0, 0.05) is 12.0 Å². The van der Waals surface area contributed by atoms with E-state index in [1.54, 1.807) is 19.9 Å². The Balaban J connectivity index is 2.43. The van der Waals surface area contributed by atoms with Crippen LogP contribution in [-0.4, -0.2) is 29.1 Å². The molecule has 1 aromatic rings. The summed E-state index contributed by atoms with van der Waals surface area (Å²) < 4.78 is 6.17. The van der Waals surface area contributed by atoms with E-state index < -0.39 is 11.5 Å². The summed E-state index contributed by atoms with van der Waals surface area (Å²) in [6, 6.07) is 7.25. The van der Waals surface area contributed by atoms with Gasteiger partial charge in [0.05, 0.1) is 4.47 Å². The first-order valence-corrected chi connectivity index (χ1v) is 6.99. The van der Waals surface area contributed by atoms with Crippen LogP contribution >= 0.6 is 15.9 Å². The van der Waals surface area contributed by atoms with Gasteiger partial charge < -0.3 is 15.2 Å². The molecule has 0 aliphatic heterocycles. The van der Waals surface area contributed by atoms with E-state index in [2.05, 4.69) is 21.2 Å². The monoisotopic (exact) mass is 343 g/mol. The average molecular weight is 344 g/mol. The number of carboxylic acid groups (broad SMARTS) is 1. The van der Waals surface area contributed by atoms with Crippen LogP contribution in [0.4, 0.5) is 0 Å². The van der Waals surface area contributed by atoms with Crippen LogP contribution in [0.15, 0.2) is 28.7 Å². The molecular weight excluding hydrogens is 326 g/mol. The van der Waals surface area contributed by atoms with Crippen LogP contribution < -0.4 is 10.1 Å². The predicted octanol–water partition coefficient (Wildman–Crippen LogP) is 2.59. The number of carboxylic acids is 1. The fourth-order valence-corrected chi connectivity index (χ4v) is 2.00. The first-order chi connectivity index (χ1) is 9.30. The van der Waals surface area contributed by atoms with Gasteiger partial charge in [-0.15, -0.1) is 0 Å². The third-order valence-electron chi connectivity index (χ3n) is 2.64. The zero-order valence-corrected chi connectivity index (χ0v) is 13.1. The van der Waals surface area contributed by atoms with Crippen molar-refractivity contribution >= 4 is 27.8 Å². The molecule has 1 rings (SSSR count). The lowest BCUT2D eigenvalue weighted by Crippen LogP contribution is -2.45. The first-order valence-electron chi connectivity index (χ1n) is 6.20.